The number of hydrogen-bond donors (Lipinski definition) is 1. The summed E-state index contributed by atoms with van der Waals surface area (Å²) in [7, 11) is 0. The van der Waals surface area contributed by atoms with E-state index in [4.69, 9.17) is 0 Å². The molecule has 0 saturated carbocycles. The Balaban J connectivity index is 1.59. The Labute approximate surface area is 140 Å². The first kappa shape index (κ1) is 15.7. The number of rotatable bonds is 5. The van der Waals surface area contributed by atoms with Gasteiger partial charge in [0.2, 0.25) is 5.91 Å². The number of anilines is 1. The quantitative estimate of drug-likeness (QED) is 0.851. The molecule has 1 aromatic carbocycles. The molecule has 5 heteroatoms. The minimum Gasteiger partial charge on any atom is -0.376 e. The molecule has 1 N–H and O–H groups in total. The molecule has 1 amide bonds. The Hall–Kier alpha value is -2.14. The number of thiophene rings is 1. The predicted octanol–water partition coefficient (Wildman–Crippen LogP) is 3.73. The lowest BCUT2D eigenvalue weighted by Crippen LogP contribution is -2.34. The van der Waals surface area contributed by atoms with Gasteiger partial charge in [-0.15, -0.1) is 11.3 Å². The van der Waals surface area contributed by atoms with E-state index in [1.807, 2.05) is 23.1 Å². The lowest BCUT2D eigenvalue weighted by atomic mass is 10.1. The van der Waals surface area contributed by atoms with Crippen LogP contribution in [0.2, 0.25) is 0 Å². The van der Waals surface area contributed by atoms with Crippen LogP contribution in [0.3, 0.4) is 0 Å². The Bertz CT molecular complexity index is 680. The van der Waals surface area contributed by atoms with Crippen LogP contribution in [0.1, 0.15) is 41.0 Å². The molecule has 0 aliphatic carbocycles. The number of benzene rings is 1. The Morgan fingerprint density at radius 3 is 2.70 bits per heavy atom. The van der Waals surface area contributed by atoms with Crippen molar-refractivity contribution in [2.75, 3.05) is 18.4 Å². The first-order chi connectivity index (χ1) is 11.1. The van der Waals surface area contributed by atoms with E-state index in [1.54, 1.807) is 30.4 Å². The largest absolute Gasteiger partial charge is 0.376 e. The number of nitrogens with zero attached hydrogens (tertiary/aromatic N) is 1. The van der Waals surface area contributed by atoms with Gasteiger partial charge in [-0.05, 0) is 55.5 Å². The molecule has 1 atom stereocenters. The summed E-state index contributed by atoms with van der Waals surface area (Å²) in [6, 6.07) is 11.6. The summed E-state index contributed by atoms with van der Waals surface area (Å²) in [4.78, 5) is 27.0. The standard InChI is InChI=1S/C18H20N2O2S/c1-13(21)14-6-8-15(9-7-14)19-12-18(22)20-10-2-4-16(20)17-5-3-11-23-17/h3,5-9,11,16,19H,2,4,10,12H2,1H3/t16-/m1/s1. The zero-order valence-electron chi connectivity index (χ0n) is 13.1. The van der Waals surface area contributed by atoms with Gasteiger partial charge in [-0.1, -0.05) is 6.07 Å². The summed E-state index contributed by atoms with van der Waals surface area (Å²) in [6.07, 6.45) is 2.10. The van der Waals surface area contributed by atoms with E-state index in [-0.39, 0.29) is 24.3 Å². The summed E-state index contributed by atoms with van der Waals surface area (Å²) in [5.41, 5.74) is 1.54. The fourth-order valence-electron chi connectivity index (χ4n) is 2.94. The highest BCUT2D eigenvalue weighted by Crippen LogP contribution is 2.34. The van der Waals surface area contributed by atoms with E-state index in [0.717, 1.165) is 25.1 Å². The van der Waals surface area contributed by atoms with Gasteiger partial charge in [-0.3, -0.25) is 9.59 Å². The number of carbonyl (C=O) groups excluding carboxylic acids is 2. The van der Waals surface area contributed by atoms with Crippen LogP contribution in [-0.4, -0.2) is 29.7 Å². The highest BCUT2D eigenvalue weighted by atomic mass is 32.1. The van der Waals surface area contributed by atoms with Crippen LogP contribution < -0.4 is 5.32 Å². The molecule has 1 aliphatic heterocycles. The van der Waals surface area contributed by atoms with Crippen molar-refractivity contribution in [3.8, 4) is 0 Å². The van der Waals surface area contributed by atoms with Crippen molar-refractivity contribution < 1.29 is 9.59 Å². The maximum absolute atomic E-state index is 12.5. The molecule has 0 radical (unpaired) electrons. The number of ketones is 1. The molecule has 120 valence electrons. The molecule has 1 saturated heterocycles. The smallest absolute Gasteiger partial charge is 0.242 e. The predicted molar refractivity (Wildman–Crippen MR) is 92.9 cm³/mol. The molecule has 0 spiro atoms. The van der Waals surface area contributed by atoms with E-state index >= 15 is 0 Å². The summed E-state index contributed by atoms with van der Waals surface area (Å²) < 4.78 is 0. The lowest BCUT2D eigenvalue weighted by Gasteiger charge is -2.24. The zero-order valence-corrected chi connectivity index (χ0v) is 13.9. The van der Waals surface area contributed by atoms with Crippen molar-refractivity contribution >= 4 is 28.7 Å². The van der Waals surface area contributed by atoms with Crippen molar-refractivity contribution in [2.24, 2.45) is 0 Å². The molecule has 2 heterocycles. The van der Waals surface area contributed by atoms with Gasteiger partial charge in [0.05, 0.1) is 12.6 Å². The normalized spacial score (nSPS) is 17.3. The van der Waals surface area contributed by atoms with E-state index in [1.165, 1.54) is 4.88 Å². The first-order valence-electron chi connectivity index (χ1n) is 7.83. The molecular formula is C18H20N2O2S. The van der Waals surface area contributed by atoms with Gasteiger partial charge in [0, 0.05) is 22.7 Å². The van der Waals surface area contributed by atoms with Crippen molar-refractivity contribution in [2.45, 2.75) is 25.8 Å². The average molecular weight is 328 g/mol. The summed E-state index contributed by atoms with van der Waals surface area (Å²) >= 11 is 1.71. The van der Waals surface area contributed by atoms with E-state index in [0.29, 0.717) is 5.56 Å². The molecule has 4 nitrogen and oxygen atoms in total. The van der Waals surface area contributed by atoms with Crippen molar-refractivity contribution in [1.82, 2.24) is 4.90 Å². The Morgan fingerprint density at radius 1 is 1.26 bits per heavy atom. The lowest BCUT2D eigenvalue weighted by molar-refractivity contribution is -0.130. The van der Waals surface area contributed by atoms with Gasteiger partial charge in [0.15, 0.2) is 5.78 Å². The number of hydrogen-bond acceptors (Lipinski definition) is 4. The second-order valence-corrected chi connectivity index (χ2v) is 6.73. The van der Waals surface area contributed by atoms with E-state index < -0.39 is 0 Å². The van der Waals surface area contributed by atoms with Gasteiger partial charge in [0.25, 0.3) is 0 Å². The van der Waals surface area contributed by atoms with E-state index in [9.17, 15) is 9.59 Å². The van der Waals surface area contributed by atoms with Gasteiger partial charge < -0.3 is 10.2 Å². The van der Waals surface area contributed by atoms with Gasteiger partial charge in [0.1, 0.15) is 0 Å². The number of carbonyl (C=O) groups is 2. The SMILES string of the molecule is CC(=O)c1ccc(NCC(=O)N2CCC[C@@H]2c2cccs2)cc1. The maximum atomic E-state index is 12.5. The third kappa shape index (κ3) is 3.62. The van der Waals surface area contributed by atoms with Crippen LogP contribution in [0.4, 0.5) is 5.69 Å². The number of nitrogens with one attached hydrogen (secondary N) is 1. The second kappa shape index (κ2) is 6.96. The molecule has 23 heavy (non-hydrogen) atoms. The summed E-state index contributed by atoms with van der Waals surface area (Å²) in [6.45, 7) is 2.65. The Kier molecular flexibility index (Phi) is 4.76. The maximum Gasteiger partial charge on any atom is 0.242 e. The molecule has 2 aromatic rings. The minimum absolute atomic E-state index is 0.0449. The minimum atomic E-state index is 0.0449. The fourth-order valence-corrected chi connectivity index (χ4v) is 3.82. The van der Waals surface area contributed by atoms with E-state index in [2.05, 4.69) is 16.8 Å². The molecule has 0 bridgehead atoms. The topological polar surface area (TPSA) is 49.4 Å². The third-order valence-electron chi connectivity index (χ3n) is 4.18. The number of likely N-dealkylation sites (tertiary alicyclic amines) is 1. The highest BCUT2D eigenvalue weighted by molar-refractivity contribution is 7.10. The monoisotopic (exact) mass is 328 g/mol. The van der Waals surface area contributed by atoms with Crippen molar-refractivity contribution in [3.63, 3.8) is 0 Å². The molecular weight excluding hydrogens is 308 g/mol. The summed E-state index contributed by atoms with van der Waals surface area (Å²) in [5, 5.41) is 5.21. The van der Waals surface area contributed by atoms with Crippen LogP contribution >= 0.6 is 11.3 Å². The van der Waals surface area contributed by atoms with Gasteiger partial charge >= 0.3 is 0 Å². The third-order valence-corrected chi connectivity index (χ3v) is 5.15. The average Bonchev–Trinajstić information content (AvgIpc) is 3.23. The first-order valence-corrected chi connectivity index (χ1v) is 8.71. The molecule has 1 fully saturated rings. The number of amides is 1. The highest BCUT2D eigenvalue weighted by Gasteiger charge is 2.30. The van der Waals surface area contributed by atoms with Crippen LogP contribution in [0.25, 0.3) is 0 Å². The van der Waals surface area contributed by atoms with Crippen LogP contribution in [-0.2, 0) is 4.79 Å². The molecule has 1 aliphatic rings. The molecule has 3 rings (SSSR count). The summed E-state index contributed by atoms with van der Waals surface area (Å²) in [5.74, 6) is 0.167. The molecule has 1 aromatic heterocycles. The van der Waals surface area contributed by atoms with Crippen LogP contribution in [0, 0.1) is 0 Å². The number of Topliss-reactive ketones (excluding diaryl/α,β-unsaturated/α-hetero) is 1. The van der Waals surface area contributed by atoms with Gasteiger partial charge in [-0.25, -0.2) is 0 Å². The van der Waals surface area contributed by atoms with Crippen molar-refractivity contribution in [3.05, 3.63) is 52.2 Å². The zero-order chi connectivity index (χ0) is 16.2. The van der Waals surface area contributed by atoms with Crippen molar-refractivity contribution in [1.29, 1.82) is 0 Å². The van der Waals surface area contributed by atoms with Crippen LogP contribution in [0.15, 0.2) is 41.8 Å². The Morgan fingerprint density at radius 2 is 2.04 bits per heavy atom. The fraction of sp³-hybridized carbons (Fsp3) is 0.333. The van der Waals surface area contributed by atoms with Gasteiger partial charge in [-0.2, -0.15) is 0 Å². The second-order valence-electron chi connectivity index (χ2n) is 5.75. The molecule has 0 unspecified atom stereocenters. The van der Waals surface area contributed by atoms with Crippen LogP contribution in [0.5, 0.6) is 0 Å².